The number of nitrogens with zero attached hydrogens (tertiary/aromatic N) is 1. The normalized spacial score (nSPS) is 17.9. The van der Waals surface area contributed by atoms with Crippen molar-refractivity contribution in [2.45, 2.75) is 24.9 Å². The predicted molar refractivity (Wildman–Crippen MR) is 148 cm³/mol. The number of amides is 2. The Labute approximate surface area is 230 Å². The van der Waals surface area contributed by atoms with Crippen LogP contribution in [0.25, 0.3) is 11.0 Å². The fourth-order valence-corrected chi connectivity index (χ4v) is 5.30. The van der Waals surface area contributed by atoms with E-state index in [1.807, 2.05) is 18.2 Å². The molecule has 0 bridgehead atoms. The highest BCUT2D eigenvalue weighted by atomic mass is 16.5. The molecule has 1 N–H and O–H groups in total. The average molecular weight is 541 g/mol. The van der Waals surface area contributed by atoms with Crippen LogP contribution in [-0.4, -0.2) is 49.6 Å². The molecule has 0 saturated carbocycles. The van der Waals surface area contributed by atoms with Crippen LogP contribution in [0, 0.1) is 0 Å². The van der Waals surface area contributed by atoms with E-state index in [0.717, 1.165) is 13.0 Å². The summed E-state index contributed by atoms with van der Waals surface area (Å²) in [5.74, 6) is 0.695. The molecule has 1 aromatic heterocycles. The van der Waals surface area contributed by atoms with Crippen LogP contribution in [0.3, 0.4) is 0 Å². The molecule has 1 fully saturated rings. The van der Waals surface area contributed by atoms with Gasteiger partial charge in [-0.3, -0.25) is 9.59 Å². The number of methoxy groups -OCH3 is 1. The summed E-state index contributed by atoms with van der Waals surface area (Å²) in [6.45, 7) is 1.68. The van der Waals surface area contributed by atoms with E-state index in [4.69, 9.17) is 18.6 Å². The topological polar surface area (TPSA) is 107 Å². The van der Waals surface area contributed by atoms with Crippen LogP contribution < -0.4 is 25.2 Å². The summed E-state index contributed by atoms with van der Waals surface area (Å²) in [4.78, 5) is 40.4. The van der Waals surface area contributed by atoms with Crippen LogP contribution in [0.15, 0.2) is 82.0 Å². The number of fused-ring (bicyclic) bond motifs is 3. The maximum Gasteiger partial charge on any atom is 0.344 e. The number of carbonyl (C=O) groups excluding carboxylic acids is 2. The second kappa shape index (κ2) is 10.8. The van der Waals surface area contributed by atoms with Gasteiger partial charge in [-0.25, -0.2) is 4.79 Å². The van der Waals surface area contributed by atoms with Crippen molar-refractivity contribution in [2.75, 3.05) is 32.1 Å². The highest BCUT2D eigenvalue weighted by Gasteiger charge is 2.44. The molecule has 6 rings (SSSR count). The molecule has 9 nitrogen and oxygen atoms in total. The maximum atomic E-state index is 13.6. The molecule has 3 aromatic carbocycles. The van der Waals surface area contributed by atoms with Gasteiger partial charge in [0.25, 0.3) is 5.91 Å². The predicted octanol–water partition coefficient (Wildman–Crippen LogP) is 4.33. The van der Waals surface area contributed by atoms with E-state index in [-0.39, 0.29) is 5.91 Å². The highest BCUT2D eigenvalue weighted by molar-refractivity contribution is 5.97. The second-order valence-corrected chi connectivity index (χ2v) is 9.76. The smallest absolute Gasteiger partial charge is 0.344 e. The van der Waals surface area contributed by atoms with Crippen LogP contribution in [0.5, 0.6) is 17.2 Å². The lowest BCUT2D eigenvalue weighted by Gasteiger charge is -2.19. The molecule has 0 radical (unpaired) electrons. The van der Waals surface area contributed by atoms with Gasteiger partial charge in [0.05, 0.1) is 30.5 Å². The van der Waals surface area contributed by atoms with E-state index in [1.54, 1.807) is 66.6 Å². The number of para-hydroxylation sites is 1. The van der Waals surface area contributed by atoms with Crippen molar-refractivity contribution < 1.29 is 28.2 Å². The lowest BCUT2D eigenvalue weighted by Crippen LogP contribution is -2.35. The molecule has 0 aliphatic carbocycles. The maximum absolute atomic E-state index is 13.6. The molecule has 0 unspecified atom stereocenters. The lowest BCUT2D eigenvalue weighted by atomic mass is 9.88. The Balaban J connectivity index is 1.29. The van der Waals surface area contributed by atoms with Gasteiger partial charge in [-0.2, -0.15) is 0 Å². The van der Waals surface area contributed by atoms with E-state index in [0.29, 0.717) is 64.6 Å². The van der Waals surface area contributed by atoms with Gasteiger partial charge in [-0.05, 0) is 60.5 Å². The minimum absolute atomic E-state index is 0.157. The number of carbonyl (C=O) groups is 2. The summed E-state index contributed by atoms with van der Waals surface area (Å²) in [5.41, 5.74) is 1.42. The molecule has 40 heavy (non-hydrogen) atoms. The Hall–Kier alpha value is -4.79. The molecule has 2 atom stereocenters. The summed E-state index contributed by atoms with van der Waals surface area (Å²) in [5, 5.41) is 3.52. The summed E-state index contributed by atoms with van der Waals surface area (Å²) in [6.07, 6.45) is 0.462. The average Bonchev–Trinajstić information content (AvgIpc) is 3.58. The van der Waals surface area contributed by atoms with Gasteiger partial charge in [0.2, 0.25) is 5.91 Å². The summed E-state index contributed by atoms with van der Waals surface area (Å²) in [6, 6.07) is 21.3. The highest BCUT2D eigenvalue weighted by Crippen LogP contribution is 2.44. The summed E-state index contributed by atoms with van der Waals surface area (Å²) < 4.78 is 22.9. The zero-order valence-electron chi connectivity index (χ0n) is 21.9. The number of hydrogen-bond acceptors (Lipinski definition) is 7. The monoisotopic (exact) mass is 540 g/mol. The Kier molecular flexibility index (Phi) is 6.86. The molecule has 9 heteroatoms. The molecule has 0 spiro atoms. The largest absolute Gasteiger partial charge is 0.497 e. The SMILES string of the molecule is COc1ccc(NC(=O)[C@H]2Oc3c(c(=O)oc4ccccc34)[C@H]2c2ccc(OCCN3CCCC3=O)cc2)cc1. The second-order valence-electron chi connectivity index (χ2n) is 9.76. The first kappa shape index (κ1) is 25.5. The minimum Gasteiger partial charge on any atom is -0.497 e. The standard InChI is InChI=1S/C31H28N2O7/c1-37-21-14-10-20(11-15-21)32-30(35)29-26(27-28(40-29)23-5-2-3-6-24(23)39-31(27)36)19-8-12-22(13-9-19)38-18-17-33-16-4-7-25(33)34/h2-3,5-6,8-15,26,29H,4,7,16-18H2,1H3,(H,32,35)/t26-,29+/m1/s1. The Morgan fingerprint density at radius 1 is 1.00 bits per heavy atom. The zero-order valence-corrected chi connectivity index (χ0v) is 21.9. The molecule has 2 aliphatic rings. The third-order valence-corrected chi connectivity index (χ3v) is 7.31. The quantitative estimate of drug-likeness (QED) is 0.332. The zero-order chi connectivity index (χ0) is 27.6. The van der Waals surface area contributed by atoms with Gasteiger partial charge in [0.15, 0.2) is 6.10 Å². The number of likely N-dealkylation sites (tertiary alicyclic amines) is 1. The van der Waals surface area contributed by atoms with Gasteiger partial charge in [0.1, 0.15) is 29.4 Å². The summed E-state index contributed by atoms with van der Waals surface area (Å²) in [7, 11) is 1.57. The Morgan fingerprint density at radius 3 is 2.48 bits per heavy atom. The van der Waals surface area contributed by atoms with E-state index >= 15 is 0 Å². The van der Waals surface area contributed by atoms with Gasteiger partial charge < -0.3 is 28.8 Å². The first-order valence-electron chi connectivity index (χ1n) is 13.2. The van der Waals surface area contributed by atoms with Crippen LogP contribution in [0.1, 0.15) is 29.9 Å². The number of benzene rings is 3. The molecular weight excluding hydrogens is 512 g/mol. The van der Waals surface area contributed by atoms with Gasteiger partial charge in [0, 0.05) is 18.7 Å². The first-order valence-corrected chi connectivity index (χ1v) is 13.2. The fourth-order valence-electron chi connectivity index (χ4n) is 5.30. The van der Waals surface area contributed by atoms with Gasteiger partial charge in [-0.1, -0.05) is 24.3 Å². The fraction of sp³-hybridized carbons (Fsp3) is 0.258. The van der Waals surface area contributed by atoms with Gasteiger partial charge in [-0.15, -0.1) is 0 Å². The van der Waals surface area contributed by atoms with Crippen molar-refractivity contribution in [3.8, 4) is 17.2 Å². The minimum atomic E-state index is -1.02. The molecule has 2 amide bonds. The number of hydrogen-bond donors (Lipinski definition) is 1. The number of rotatable bonds is 8. The first-order chi connectivity index (χ1) is 19.5. The molecule has 1 saturated heterocycles. The third-order valence-electron chi connectivity index (χ3n) is 7.31. The Bertz CT molecular complexity index is 1610. The summed E-state index contributed by atoms with van der Waals surface area (Å²) >= 11 is 0. The van der Waals surface area contributed by atoms with Crippen molar-refractivity contribution >= 4 is 28.5 Å². The van der Waals surface area contributed by atoms with Crippen molar-refractivity contribution in [3.63, 3.8) is 0 Å². The molecular formula is C31H28N2O7. The number of nitrogens with one attached hydrogen (secondary N) is 1. The molecule has 4 aromatic rings. The molecule has 204 valence electrons. The van der Waals surface area contributed by atoms with E-state index in [1.165, 1.54) is 0 Å². The molecule has 3 heterocycles. The number of anilines is 1. The van der Waals surface area contributed by atoms with Crippen LogP contribution in [0.4, 0.5) is 5.69 Å². The molecule has 2 aliphatic heterocycles. The van der Waals surface area contributed by atoms with E-state index in [2.05, 4.69) is 5.32 Å². The van der Waals surface area contributed by atoms with Crippen LogP contribution in [-0.2, 0) is 9.59 Å². The van der Waals surface area contributed by atoms with Crippen molar-refractivity contribution in [3.05, 3.63) is 94.3 Å². The Morgan fingerprint density at radius 2 is 1.75 bits per heavy atom. The van der Waals surface area contributed by atoms with Crippen LogP contribution in [0.2, 0.25) is 0 Å². The van der Waals surface area contributed by atoms with Crippen LogP contribution >= 0.6 is 0 Å². The van der Waals surface area contributed by atoms with Crippen molar-refractivity contribution in [2.24, 2.45) is 0 Å². The van der Waals surface area contributed by atoms with Crippen molar-refractivity contribution in [1.82, 2.24) is 4.90 Å². The van der Waals surface area contributed by atoms with E-state index < -0.39 is 23.6 Å². The lowest BCUT2D eigenvalue weighted by molar-refractivity contribution is -0.128. The van der Waals surface area contributed by atoms with E-state index in [9.17, 15) is 14.4 Å². The number of ether oxygens (including phenoxy) is 3. The third kappa shape index (κ3) is 4.86. The van der Waals surface area contributed by atoms with Crippen molar-refractivity contribution in [1.29, 1.82) is 0 Å². The van der Waals surface area contributed by atoms with Gasteiger partial charge >= 0.3 is 5.63 Å².